The quantitative estimate of drug-likeness (QED) is 0.606. The van der Waals surface area contributed by atoms with Gasteiger partial charge in [0.05, 0.1) is 6.54 Å². The third kappa shape index (κ3) is 3.42. The molecule has 1 aliphatic rings. The number of halogens is 2. The van der Waals surface area contributed by atoms with Gasteiger partial charge < -0.3 is 4.79 Å². The predicted molar refractivity (Wildman–Crippen MR) is 78.6 cm³/mol. The molecule has 0 atom stereocenters. The zero-order valence-electron chi connectivity index (χ0n) is 9.53. The second-order valence-corrected chi connectivity index (χ2v) is 6.01. The van der Waals surface area contributed by atoms with Crippen LogP contribution in [0.1, 0.15) is 24.3 Å². The summed E-state index contributed by atoms with van der Waals surface area (Å²) in [6.45, 7) is 2.58. The van der Waals surface area contributed by atoms with Crippen LogP contribution in [0.2, 0.25) is 5.02 Å². The summed E-state index contributed by atoms with van der Waals surface area (Å²) in [5.41, 5.74) is 1.36. The van der Waals surface area contributed by atoms with Crippen LogP contribution in [0.25, 0.3) is 0 Å². The maximum Gasteiger partial charge on any atom is 0.133 e. The van der Waals surface area contributed by atoms with Crippen LogP contribution in [0.4, 0.5) is 0 Å². The van der Waals surface area contributed by atoms with Crippen LogP contribution < -0.4 is 0 Å². The van der Waals surface area contributed by atoms with Crippen molar-refractivity contribution in [1.82, 2.24) is 4.90 Å². The first-order valence-corrected chi connectivity index (χ1v) is 7.27. The number of hydrogen-bond donors (Lipinski definition) is 0. The van der Waals surface area contributed by atoms with Crippen molar-refractivity contribution in [2.45, 2.75) is 18.8 Å². The molecule has 0 unspecified atom stereocenters. The number of nitrogens with zero attached hydrogens (tertiary/aromatic N) is 1. The highest BCUT2D eigenvalue weighted by molar-refractivity contribution is 14.1. The number of carbonyl (C=O) groups is 1. The lowest BCUT2D eigenvalue weighted by molar-refractivity contribution is -0.109. The fourth-order valence-electron chi connectivity index (χ4n) is 2.36. The highest BCUT2D eigenvalue weighted by Gasteiger charge is 2.21. The Kier molecular flexibility index (Phi) is 4.82. The molecule has 0 saturated carbocycles. The van der Waals surface area contributed by atoms with E-state index in [4.69, 9.17) is 11.6 Å². The summed E-state index contributed by atoms with van der Waals surface area (Å²) in [5.74, 6) is 0.587. The van der Waals surface area contributed by atoms with Gasteiger partial charge in [-0.15, -0.1) is 0 Å². The number of benzene rings is 1. The molecule has 0 aromatic heterocycles. The normalized spacial score (nSPS) is 18.2. The van der Waals surface area contributed by atoms with Gasteiger partial charge in [0.2, 0.25) is 0 Å². The van der Waals surface area contributed by atoms with Gasteiger partial charge in [-0.05, 0) is 78.2 Å². The molecule has 1 aliphatic heterocycles. The van der Waals surface area contributed by atoms with Gasteiger partial charge in [-0.25, -0.2) is 0 Å². The molecular weight excluding hydrogens is 349 g/mol. The van der Waals surface area contributed by atoms with E-state index >= 15 is 0 Å². The summed E-state index contributed by atoms with van der Waals surface area (Å²) >= 11 is 8.43. The molecule has 0 aliphatic carbocycles. The van der Waals surface area contributed by atoms with E-state index in [2.05, 4.69) is 39.6 Å². The number of carbonyl (C=O) groups excluding carboxylic acids is 1. The Bertz CT molecular complexity index is 402. The average molecular weight is 364 g/mol. The van der Waals surface area contributed by atoms with Crippen molar-refractivity contribution in [3.63, 3.8) is 0 Å². The molecule has 4 heteroatoms. The summed E-state index contributed by atoms with van der Waals surface area (Å²) in [5, 5.41) is 0.815. The average Bonchev–Trinajstić information content (AvgIpc) is 2.34. The minimum Gasteiger partial charge on any atom is -0.302 e. The van der Waals surface area contributed by atoms with Crippen molar-refractivity contribution in [2.24, 2.45) is 0 Å². The van der Waals surface area contributed by atoms with Crippen LogP contribution in [-0.2, 0) is 4.79 Å². The topological polar surface area (TPSA) is 20.3 Å². The van der Waals surface area contributed by atoms with E-state index in [1.165, 1.54) is 9.13 Å². The van der Waals surface area contributed by atoms with Crippen LogP contribution in [0.3, 0.4) is 0 Å². The van der Waals surface area contributed by atoms with Crippen molar-refractivity contribution >= 4 is 40.5 Å². The van der Waals surface area contributed by atoms with Gasteiger partial charge in [0.15, 0.2) is 0 Å². The summed E-state index contributed by atoms with van der Waals surface area (Å²) in [6, 6.07) is 6.10. The highest BCUT2D eigenvalue weighted by Crippen LogP contribution is 2.32. The van der Waals surface area contributed by atoms with Crippen molar-refractivity contribution in [1.29, 1.82) is 0 Å². The van der Waals surface area contributed by atoms with Crippen molar-refractivity contribution in [3.05, 3.63) is 32.4 Å². The Balaban J connectivity index is 2.05. The maximum atomic E-state index is 10.5. The highest BCUT2D eigenvalue weighted by atomic mass is 127. The number of piperidine rings is 1. The van der Waals surface area contributed by atoms with Gasteiger partial charge in [0.25, 0.3) is 0 Å². The van der Waals surface area contributed by atoms with E-state index in [1.54, 1.807) is 0 Å². The van der Waals surface area contributed by atoms with Crippen molar-refractivity contribution in [3.8, 4) is 0 Å². The monoisotopic (exact) mass is 363 g/mol. The minimum atomic E-state index is 0.569. The second kappa shape index (κ2) is 6.16. The fraction of sp³-hybridized carbons (Fsp3) is 0.462. The molecule has 1 saturated heterocycles. The largest absolute Gasteiger partial charge is 0.302 e. The van der Waals surface area contributed by atoms with Gasteiger partial charge in [0.1, 0.15) is 6.29 Å². The summed E-state index contributed by atoms with van der Waals surface area (Å²) in [6.07, 6.45) is 3.22. The third-order valence-corrected chi connectivity index (χ3v) is 4.54. The zero-order valence-corrected chi connectivity index (χ0v) is 12.4. The van der Waals surface area contributed by atoms with E-state index in [0.29, 0.717) is 12.5 Å². The predicted octanol–water partition coefficient (Wildman–Crippen LogP) is 3.32. The van der Waals surface area contributed by atoms with E-state index < -0.39 is 0 Å². The van der Waals surface area contributed by atoms with Gasteiger partial charge in [-0.3, -0.25) is 4.90 Å². The van der Waals surface area contributed by atoms with E-state index in [1.807, 2.05) is 6.07 Å². The molecule has 0 amide bonds. The molecule has 2 nitrogen and oxygen atoms in total. The smallest absolute Gasteiger partial charge is 0.133 e. The summed E-state index contributed by atoms with van der Waals surface area (Å²) in [7, 11) is 0. The Morgan fingerprint density at radius 3 is 2.76 bits per heavy atom. The number of rotatable bonds is 3. The maximum absolute atomic E-state index is 10.5. The van der Waals surface area contributed by atoms with Crippen LogP contribution >= 0.6 is 34.2 Å². The Morgan fingerprint density at radius 1 is 1.41 bits per heavy atom. The summed E-state index contributed by atoms with van der Waals surface area (Å²) in [4.78, 5) is 12.7. The van der Waals surface area contributed by atoms with Gasteiger partial charge in [0, 0.05) is 8.59 Å². The third-order valence-electron chi connectivity index (χ3n) is 3.32. The molecule has 0 spiro atoms. The Morgan fingerprint density at radius 2 is 2.12 bits per heavy atom. The molecule has 17 heavy (non-hydrogen) atoms. The molecule has 0 bridgehead atoms. The zero-order chi connectivity index (χ0) is 12.3. The first-order valence-electron chi connectivity index (χ1n) is 5.81. The number of likely N-dealkylation sites (tertiary alicyclic amines) is 1. The molecule has 92 valence electrons. The van der Waals surface area contributed by atoms with Crippen LogP contribution in [0, 0.1) is 3.57 Å². The molecule has 1 aromatic rings. The Labute approximate surface area is 120 Å². The van der Waals surface area contributed by atoms with Crippen LogP contribution in [-0.4, -0.2) is 30.8 Å². The van der Waals surface area contributed by atoms with E-state index in [0.717, 1.165) is 37.2 Å². The SMILES string of the molecule is O=CCN1CCC(c2cc(Cl)ccc2I)CC1. The fourth-order valence-corrected chi connectivity index (χ4v) is 3.32. The van der Waals surface area contributed by atoms with E-state index in [-0.39, 0.29) is 0 Å². The molecule has 1 heterocycles. The Hall–Kier alpha value is -0.130. The van der Waals surface area contributed by atoms with Crippen molar-refractivity contribution in [2.75, 3.05) is 19.6 Å². The number of aldehydes is 1. The second-order valence-electron chi connectivity index (χ2n) is 4.41. The standard InChI is InChI=1S/C13H15ClINO/c14-11-1-2-13(15)12(9-11)10-3-5-16(6-4-10)7-8-17/h1-2,8-10H,3-7H2. The summed E-state index contributed by atoms with van der Waals surface area (Å²) < 4.78 is 1.29. The van der Waals surface area contributed by atoms with Gasteiger partial charge >= 0.3 is 0 Å². The minimum absolute atomic E-state index is 0.569. The van der Waals surface area contributed by atoms with Crippen LogP contribution in [0.15, 0.2) is 18.2 Å². The molecule has 1 aromatic carbocycles. The first-order chi connectivity index (χ1) is 8.20. The van der Waals surface area contributed by atoms with Gasteiger partial charge in [-0.2, -0.15) is 0 Å². The number of hydrogen-bond acceptors (Lipinski definition) is 2. The van der Waals surface area contributed by atoms with E-state index in [9.17, 15) is 4.79 Å². The molecule has 0 N–H and O–H groups in total. The molecule has 1 fully saturated rings. The molecule has 0 radical (unpaired) electrons. The molecule has 2 rings (SSSR count). The lowest BCUT2D eigenvalue weighted by atomic mass is 9.89. The van der Waals surface area contributed by atoms with Crippen molar-refractivity contribution < 1.29 is 4.79 Å². The van der Waals surface area contributed by atoms with Gasteiger partial charge in [-0.1, -0.05) is 11.6 Å². The lowest BCUT2D eigenvalue weighted by Crippen LogP contribution is -2.34. The lowest BCUT2D eigenvalue weighted by Gasteiger charge is -2.31. The molecular formula is C13H15ClINO. The van der Waals surface area contributed by atoms with Crippen LogP contribution in [0.5, 0.6) is 0 Å². The first kappa shape index (κ1) is 13.3.